The molecule has 0 radical (unpaired) electrons. The van der Waals surface area contributed by atoms with Crippen molar-refractivity contribution in [2.75, 3.05) is 20.3 Å². The Kier molecular flexibility index (Phi) is 4.32. The van der Waals surface area contributed by atoms with Gasteiger partial charge in [-0.15, -0.1) is 0 Å². The van der Waals surface area contributed by atoms with Gasteiger partial charge in [0.1, 0.15) is 0 Å². The highest BCUT2D eigenvalue weighted by Crippen LogP contribution is 2.20. The van der Waals surface area contributed by atoms with Crippen LogP contribution in [-0.2, 0) is 17.6 Å². The van der Waals surface area contributed by atoms with E-state index in [2.05, 4.69) is 30.1 Å². The summed E-state index contributed by atoms with van der Waals surface area (Å²) in [5, 5.41) is 0. The van der Waals surface area contributed by atoms with E-state index in [1.807, 2.05) is 0 Å². The standard InChI is InChI=1S/C15H21NO/c1-3-12-6-7-13-8-9-16-15(14(13)11-12)5-4-10-17-2/h6-7,11H,3-5,8-10H2,1-2H3. The van der Waals surface area contributed by atoms with Crippen molar-refractivity contribution in [3.63, 3.8) is 0 Å². The van der Waals surface area contributed by atoms with Gasteiger partial charge >= 0.3 is 0 Å². The molecule has 0 aromatic heterocycles. The molecule has 0 unspecified atom stereocenters. The van der Waals surface area contributed by atoms with Crippen LogP contribution >= 0.6 is 0 Å². The van der Waals surface area contributed by atoms with Gasteiger partial charge in [-0.05, 0) is 48.4 Å². The molecule has 1 heterocycles. The molecule has 0 fully saturated rings. The number of aliphatic imine (C=N–C) groups is 1. The number of aryl methyl sites for hydroxylation is 1. The van der Waals surface area contributed by atoms with Crippen molar-refractivity contribution in [3.05, 3.63) is 34.9 Å². The number of hydrogen-bond donors (Lipinski definition) is 0. The predicted octanol–water partition coefficient (Wildman–Crippen LogP) is 3.02. The third kappa shape index (κ3) is 2.95. The predicted molar refractivity (Wildman–Crippen MR) is 72.0 cm³/mol. The van der Waals surface area contributed by atoms with Crippen LogP contribution in [-0.4, -0.2) is 26.0 Å². The molecular formula is C15H21NO. The van der Waals surface area contributed by atoms with Crippen LogP contribution in [0.3, 0.4) is 0 Å². The second-order valence-electron chi connectivity index (χ2n) is 4.52. The number of nitrogens with zero attached hydrogens (tertiary/aromatic N) is 1. The molecule has 2 nitrogen and oxygen atoms in total. The topological polar surface area (TPSA) is 21.6 Å². The maximum absolute atomic E-state index is 5.11. The third-order valence-electron chi connectivity index (χ3n) is 3.34. The molecule has 0 atom stereocenters. The Labute approximate surface area is 104 Å². The van der Waals surface area contributed by atoms with E-state index >= 15 is 0 Å². The van der Waals surface area contributed by atoms with E-state index in [4.69, 9.17) is 4.74 Å². The van der Waals surface area contributed by atoms with Crippen molar-refractivity contribution in [2.24, 2.45) is 4.99 Å². The zero-order valence-corrected chi connectivity index (χ0v) is 10.8. The summed E-state index contributed by atoms with van der Waals surface area (Å²) in [6, 6.07) is 6.84. The highest BCUT2D eigenvalue weighted by atomic mass is 16.5. The van der Waals surface area contributed by atoms with Gasteiger partial charge in [-0.1, -0.05) is 19.1 Å². The monoisotopic (exact) mass is 231 g/mol. The van der Waals surface area contributed by atoms with Gasteiger partial charge in [0.15, 0.2) is 0 Å². The maximum Gasteiger partial charge on any atom is 0.0466 e. The summed E-state index contributed by atoms with van der Waals surface area (Å²) in [6.45, 7) is 3.97. The number of rotatable bonds is 5. The van der Waals surface area contributed by atoms with Gasteiger partial charge in [0.25, 0.3) is 0 Å². The minimum absolute atomic E-state index is 0.821. The molecule has 0 saturated heterocycles. The zero-order chi connectivity index (χ0) is 12.1. The largest absolute Gasteiger partial charge is 0.385 e. The fourth-order valence-corrected chi connectivity index (χ4v) is 2.32. The molecule has 0 saturated carbocycles. The molecule has 1 aliphatic rings. The number of hydrogen-bond acceptors (Lipinski definition) is 2. The van der Waals surface area contributed by atoms with Crippen molar-refractivity contribution >= 4 is 5.71 Å². The van der Waals surface area contributed by atoms with Crippen LogP contribution < -0.4 is 0 Å². The van der Waals surface area contributed by atoms with Crippen molar-refractivity contribution < 1.29 is 4.74 Å². The van der Waals surface area contributed by atoms with Gasteiger partial charge in [-0.2, -0.15) is 0 Å². The molecule has 2 rings (SSSR count). The summed E-state index contributed by atoms with van der Waals surface area (Å²) in [5.74, 6) is 0. The molecule has 92 valence electrons. The highest BCUT2D eigenvalue weighted by Gasteiger charge is 2.13. The summed E-state index contributed by atoms with van der Waals surface area (Å²) in [5.41, 5.74) is 5.53. The van der Waals surface area contributed by atoms with E-state index in [9.17, 15) is 0 Å². The SMILES string of the molecule is CCc1ccc2c(c1)C(CCCOC)=NCC2. The molecule has 1 aromatic rings. The first-order valence-electron chi connectivity index (χ1n) is 6.49. The third-order valence-corrected chi connectivity index (χ3v) is 3.34. The zero-order valence-electron chi connectivity index (χ0n) is 10.8. The lowest BCUT2D eigenvalue weighted by atomic mass is 9.93. The minimum atomic E-state index is 0.821. The van der Waals surface area contributed by atoms with Gasteiger partial charge in [-0.3, -0.25) is 4.99 Å². The van der Waals surface area contributed by atoms with Crippen molar-refractivity contribution in [3.8, 4) is 0 Å². The number of ether oxygens (including phenoxy) is 1. The highest BCUT2D eigenvalue weighted by molar-refractivity contribution is 6.02. The average molecular weight is 231 g/mol. The molecule has 0 N–H and O–H groups in total. The van der Waals surface area contributed by atoms with E-state index in [1.165, 1.54) is 22.4 Å². The molecule has 0 amide bonds. The van der Waals surface area contributed by atoms with E-state index in [0.29, 0.717) is 0 Å². The number of methoxy groups -OCH3 is 1. The number of fused-ring (bicyclic) bond motifs is 1. The molecule has 0 spiro atoms. The molecule has 17 heavy (non-hydrogen) atoms. The Balaban J connectivity index is 2.17. The summed E-state index contributed by atoms with van der Waals surface area (Å²) < 4.78 is 5.11. The molecule has 1 aliphatic heterocycles. The smallest absolute Gasteiger partial charge is 0.0466 e. The van der Waals surface area contributed by atoms with Crippen molar-refractivity contribution in [1.29, 1.82) is 0 Å². The molecule has 2 heteroatoms. The molecule has 0 aliphatic carbocycles. The summed E-state index contributed by atoms with van der Waals surface area (Å²) in [7, 11) is 1.76. The van der Waals surface area contributed by atoms with Crippen LogP contribution in [0.25, 0.3) is 0 Å². The maximum atomic E-state index is 5.11. The second-order valence-corrected chi connectivity index (χ2v) is 4.52. The van der Waals surface area contributed by atoms with Gasteiger partial charge in [-0.25, -0.2) is 0 Å². The Hall–Kier alpha value is -1.15. The normalized spacial score (nSPS) is 14.4. The Morgan fingerprint density at radius 2 is 2.24 bits per heavy atom. The molecule has 0 bridgehead atoms. The lowest BCUT2D eigenvalue weighted by Gasteiger charge is -2.18. The van der Waals surface area contributed by atoms with E-state index in [1.54, 1.807) is 7.11 Å². The second kappa shape index (κ2) is 5.97. The van der Waals surface area contributed by atoms with Crippen LogP contribution in [0.1, 0.15) is 36.5 Å². The van der Waals surface area contributed by atoms with Crippen LogP contribution in [0, 0.1) is 0 Å². The first-order chi connectivity index (χ1) is 8.35. The fourth-order valence-electron chi connectivity index (χ4n) is 2.32. The van der Waals surface area contributed by atoms with Crippen molar-refractivity contribution in [2.45, 2.75) is 32.6 Å². The Morgan fingerprint density at radius 3 is 3.00 bits per heavy atom. The van der Waals surface area contributed by atoms with E-state index in [-0.39, 0.29) is 0 Å². The fraction of sp³-hybridized carbons (Fsp3) is 0.533. The van der Waals surface area contributed by atoms with Gasteiger partial charge in [0.2, 0.25) is 0 Å². The number of benzene rings is 1. The van der Waals surface area contributed by atoms with Crippen LogP contribution in [0.15, 0.2) is 23.2 Å². The molecule has 1 aromatic carbocycles. The Bertz CT molecular complexity index is 409. The van der Waals surface area contributed by atoms with Crippen molar-refractivity contribution in [1.82, 2.24) is 0 Å². The van der Waals surface area contributed by atoms with Gasteiger partial charge in [0, 0.05) is 26.0 Å². The van der Waals surface area contributed by atoms with Crippen LogP contribution in [0.2, 0.25) is 0 Å². The lowest BCUT2D eigenvalue weighted by molar-refractivity contribution is 0.196. The Morgan fingerprint density at radius 1 is 1.35 bits per heavy atom. The molecular weight excluding hydrogens is 210 g/mol. The van der Waals surface area contributed by atoms with Gasteiger partial charge < -0.3 is 4.74 Å². The minimum Gasteiger partial charge on any atom is -0.385 e. The summed E-state index contributed by atoms with van der Waals surface area (Å²) in [4.78, 5) is 4.68. The van der Waals surface area contributed by atoms with Gasteiger partial charge in [0.05, 0.1) is 0 Å². The van der Waals surface area contributed by atoms with Crippen LogP contribution in [0.5, 0.6) is 0 Å². The first-order valence-corrected chi connectivity index (χ1v) is 6.49. The lowest BCUT2D eigenvalue weighted by Crippen LogP contribution is -2.14. The van der Waals surface area contributed by atoms with E-state index in [0.717, 1.165) is 38.8 Å². The quantitative estimate of drug-likeness (QED) is 0.714. The summed E-state index contributed by atoms with van der Waals surface area (Å²) in [6.07, 6.45) is 4.28. The van der Waals surface area contributed by atoms with Crippen LogP contribution in [0.4, 0.5) is 0 Å². The first kappa shape index (κ1) is 12.3. The van der Waals surface area contributed by atoms with E-state index < -0.39 is 0 Å². The summed E-state index contributed by atoms with van der Waals surface area (Å²) >= 11 is 0. The average Bonchev–Trinajstić information content (AvgIpc) is 2.39.